The van der Waals surface area contributed by atoms with E-state index in [4.69, 9.17) is 21.3 Å². The minimum atomic E-state index is 0.105. The smallest absolute Gasteiger partial charge is 0.225 e. The summed E-state index contributed by atoms with van der Waals surface area (Å²) in [6.45, 7) is 2.40. The van der Waals surface area contributed by atoms with E-state index >= 15 is 0 Å². The molecule has 0 saturated carbocycles. The highest BCUT2D eigenvalue weighted by atomic mass is 79.9. The number of piperidine rings is 1. The molecule has 0 N–H and O–H groups in total. The number of pyridine rings is 1. The molecule has 2 fully saturated rings. The van der Waals surface area contributed by atoms with E-state index in [-0.39, 0.29) is 17.9 Å². The Morgan fingerprint density at radius 1 is 1.09 bits per heavy atom. The fourth-order valence-electron chi connectivity index (χ4n) is 5.80. The van der Waals surface area contributed by atoms with Crippen molar-refractivity contribution in [2.75, 3.05) is 19.7 Å². The van der Waals surface area contributed by atoms with Gasteiger partial charge in [-0.25, -0.2) is 0 Å². The summed E-state index contributed by atoms with van der Waals surface area (Å²) in [6, 6.07) is 6.36. The number of carbonyl (C=O) groups excluding carboxylic acids is 1. The van der Waals surface area contributed by atoms with Gasteiger partial charge < -0.3 is 9.64 Å². The third-order valence-electron chi connectivity index (χ3n) is 7.46. The van der Waals surface area contributed by atoms with Gasteiger partial charge in [0.05, 0.1) is 18.2 Å². The Bertz CT molecular complexity index is 1030. The van der Waals surface area contributed by atoms with Crippen molar-refractivity contribution < 1.29 is 9.53 Å². The van der Waals surface area contributed by atoms with Gasteiger partial charge in [-0.15, -0.1) is 0 Å². The molecule has 1 aromatic heterocycles. The molecule has 33 heavy (non-hydrogen) atoms. The highest BCUT2D eigenvalue weighted by molar-refractivity contribution is 9.10. The molecule has 0 spiro atoms. The number of hydrogen-bond donors (Lipinski definition) is 0. The molecule has 1 amide bonds. The first-order valence-corrected chi connectivity index (χ1v) is 14.0. The number of amides is 1. The van der Waals surface area contributed by atoms with E-state index < -0.39 is 0 Å². The van der Waals surface area contributed by atoms with Crippen LogP contribution in [0.1, 0.15) is 66.8 Å². The summed E-state index contributed by atoms with van der Waals surface area (Å²) >= 11 is 13.9. The number of rotatable bonds is 3. The van der Waals surface area contributed by atoms with E-state index in [0.29, 0.717) is 12.3 Å². The maximum absolute atomic E-state index is 12.9. The van der Waals surface area contributed by atoms with Crippen molar-refractivity contribution in [2.45, 2.75) is 63.4 Å². The normalized spacial score (nSPS) is 23.5. The minimum Gasteiger partial charge on any atom is -0.378 e. The van der Waals surface area contributed by atoms with Crippen LogP contribution in [0.2, 0.25) is 5.02 Å². The molecular weight excluding hydrogens is 568 g/mol. The van der Waals surface area contributed by atoms with Gasteiger partial charge in [-0.3, -0.25) is 9.78 Å². The van der Waals surface area contributed by atoms with Crippen LogP contribution in [0.3, 0.4) is 0 Å². The number of nitrogens with zero attached hydrogens (tertiary/aromatic N) is 2. The summed E-state index contributed by atoms with van der Waals surface area (Å²) in [4.78, 5) is 19.9. The molecule has 2 saturated heterocycles. The van der Waals surface area contributed by atoms with Crippen LogP contribution >= 0.6 is 43.5 Å². The predicted octanol–water partition coefficient (Wildman–Crippen LogP) is 6.69. The zero-order valence-corrected chi connectivity index (χ0v) is 22.6. The number of aromatic nitrogens is 1. The van der Waals surface area contributed by atoms with Crippen LogP contribution in [-0.2, 0) is 22.4 Å². The summed E-state index contributed by atoms with van der Waals surface area (Å²) in [5, 5.41) is 0.768. The number of likely N-dealkylation sites (tertiary alicyclic amines) is 1. The summed E-state index contributed by atoms with van der Waals surface area (Å²) in [6.07, 6.45) is 9.72. The van der Waals surface area contributed by atoms with Crippen LogP contribution in [0.5, 0.6) is 0 Å². The van der Waals surface area contributed by atoms with Crippen molar-refractivity contribution in [3.05, 3.63) is 60.7 Å². The van der Waals surface area contributed by atoms with Crippen LogP contribution in [0.25, 0.3) is 0 Å². The molecule has 2 aromatic rings. The van der Waals surface area contributed by atoms with Gasteiger partial charge in [0.15, 0.2) is 0 Å². The summed E-state index contributed by atoms with van der Waals surface area (Å²) in [5.41, 5.74) is 5.12. The first-order valence-electron chi connectivity index (χ1n) is 12.0. The van der Waals surface area contributed by atoms with Gasteiger partial charge in [0.25, 0.3) is 0 Å². The molecule has 1 aliphatic carbocycles. The second kappa shape index (κ2) is 10.3. The number of fused-ring (bicyclic) bond motifs is 2. The second-order valence-electron chi connectivity index (χ2n) is 9.55. The average molecular weight is 597 g/mol. The van der Waals surface area contributed by atoms with E-state index in [1.54, 1.807) is 0 Å². The molecule has 5 rings (SSSR count). The van der Waals surface area contributed by atoms with Gasteiger partial charge >= 0.3 is 0 Å². The number of carbonyl (C=O) groups is 1. The Morgan fingerprint density at radius 2 is 1.88 bits per heavy atom. The number of ether oxygens (including phenoxy) is 1. The Kier molecular flexibility index (Phi) is 7.46. The zero-order chi connectivity index (χ0) is 22.9. The summed E-state index contributed by atoms with van der Waals surface area (Å²) < 4.78 is 7.90. The van der Waals surface area contributed by atoms with Gasteiger partial charge in [-0.2, -0.15) is 0 Å². The molecule has 3 heterocycles. The lowest BCUT2D eigenvalue weighted by molar-refractivity contribution is -0.136. The SMILES string of the molecule is O=C(CC1CCCCO1)N1CCC([C@H]2c3ncc(Br)cc3CCc3cc(Cl)cc(Br)c32)CC1. The third-order valence-corrected chi connectivity index (χ3v) is 8.77. The number of aryl methyl sites for hydroxylation is 2. The topological polar surface area (TPSA) is 42.4 Å². The van der Waals surface area contributed by atoms with Gasteiger partial charge in [0, 0.05) is 45.8 Å². The molecule has 1 aromatic carbocycles. The van der Waals surface area contributed by atoms with Crippen molar-refractivity contribution in [3.8, 4) is 0 Å². The lowest BCUT2D eigenvalue weighted by Crippen LogP contribution is -2.41. The Balaban J connectivity index is 1.38. The van der Waals surface area contributed by atoms with Crippen LogP contribution in [0.15, 0.2) is 33.3 Å². The third kappa shape index (κ3) is 5.19. The predicted molar refractivity (Wildman–Crippen MR) is 138 cm³/mol. The van der Waals surface area contributed by atoms with Crippen molar-refractivity contribution in [1.29, 1.82) is 0 Å². The Labute approximate surface area is 217 Å². The maximum Gasteiger partial charge on any atom is 0.225 e. The quantitative estimate of drug-likeness (QED) is 0.397. The standard InChI is InChI=1S/C26H29Br2ClN2O2/c27-19-11-18-5-4-17-12-20(29)13-22(28)24(17)25(26(18)30-15-19)16-6-8-31(9-7-16)23(32)14-21-3-1-2-10-33-21/h11-13,15-16,21,25H,1-10,14H2/t21?,25-/m1/s1. The number of hydrogen-bond acceptors (Lipinski definition) is 3. The lowest BCUT2D eigenvalue weighted by Gasteiger charge is -2.37. The monoisotopic (exact) mass is 594 g/mol. The second-order valence-corrected chi connectivity index (χ2v) is 11.8. The Hall–Kier alpha value is -0.950. The number of halogens is 3. The minimum absolute atomic E-state index is 0.105. The van der Waals surface area contributed by atoms with Crippen LogP contribution in [0.4, 0.5) is 0 Å². The van der Waals surface area contributed by atoms with Gasteiger partial charge in [0.1, 0.15) is 0 Å². The Morgan fingerprint density at radius 3 is 2.64 bits per heavy atom. The molecule has 2 aliphatic heterocycles. The fourth-order valence-corrected chi connectivity index (χ4v) is 7.30. The summed E-state index contributed by atoms with van der Waals surface area (Å²) in [5.74, 6) is 0.884. The van der Waals surface area contributed by atoms with Crippen LogP contribution in [0, 0.1) is 5.92 Å². The van der Waals surface area contributed by atoms with Gasteiger partial charge in [0.2, 0.25) is 5.91 Å². The number of benzene rings is 1. The molecule has 1 unspecified atom stereocenters. The fraction of sp³-hybridized carbons (Fsp3) is 0.538. The van der Waals surface area contributed by atoms with Gasteiger partial charge in [-0.1, -0.05) is 27.5 Å². The van der Waals surface area contributed by atoms with E-state index in [2.05, 4.69) is 48.9 Å². The van der Waals surface area contributed by atoms with Crippen molar-refractivity contribution >= 4 is 49.4 Å². The summed E-state index contributed by atoms with van der Waals surface area (Å²) in [7, 11) is 0. The molecule has 0 bridgehead atoms. The first kappa shape index (κ1) is 23.8. The highest BCUT2D eigenvalue weighted by Crippen LogP contribution is 2.46. The van der Waals surface area contributed by atoms with Crippen molar-refractivity contribution in [1.82, 2.24) is 9.88 Å². The molecule has 7 heteroatoms. The van der Waals surface area contributed by atoms with Crippen LogP contribution in [-0.4, -0.2) is 41.6 Å². The average Bonchev–Trinajstić information content (AvgIpc) is 2.96. The molecule has 3 aliphatic rings. The van der Waals surface area contributed by atoms with Crippen molar-refractivity contribution in [2.24, 2.45) is 5.92 Å². The van der Waals surface area contributed by atoms with E-state index in [1.807, 2.05) is 12.3 Å². The molecule has 2 atom stereocenters. The van der Waals surface area contributed by atoms with E-state index in [1.165, 1.54) is 28.8 Å². The van der Waals surface area contributed by atoms with Crippen LogP contribution < -0.4 is 0 Å². The largest absolute Gasteiger partial charge is 0.378 e. The maximum atomic E-state index is 12.9. The molecule has 0 radical (unpaired) electrons. The molecular formula is C26H29Br2ClN2O2. The van der Waals surface area contributed by atoms with Crippen molar-refractivity contribution in [3.63, 3.8) is 0 Å². The lowest BCUT2D eigenvalue weighted by atomic mass is 9.76. The first-order chi connectivity index (χ1) is 16.0. The molecule has 4 nitrogen and oxygen atoms in total. The zero-order valence-electron chi connectivity index (χ0n) is 18.7. The van der Waals surface area contributed by atoms with E-state index in [0.717, 1.165) is 72.2 Å². The van der Waals surface area contributed by atoms with E-state index in [9.17, 15) is 4.79 Å². The highest BCUT2D eigenvalue weighted by Gasteiger charge is 2.36. The molecule has 176 valence electrons. The van der Waals surface area contributed by atoms with Gasteiger partial charge in [-0.05, 0) is 102 Å².